The Hall–Kier alpha value is -1.51. The maximum absolute atomic E-state index is 11.8. The Labute approximate surface area is 111 Å². The minimum Gasteiger partial charge on any atom is -0.392 e. The lowest BCUT2D eigenvalue weighted by atomic mass is 10.2. The van der Waals surface area contributed by atoms with Gasteiger partial charge in [-0.15, -0.1) is 0 Å². The van der Waals surface area contributed by atoms with Gasteiger partial charge in [0.25, 0.3) is 0 Å². The summed E-state index contributed by atoms with van der Waals surface area (Å²) < 4.78 is 22.4. The van der Waals surface area contributed by atoms with E-state index in [0.29, 0.717) is 18.7 Å². The van der Waals surface area contributed by atoms with Crippen LogP contribution in [0.2, 0.25) is 0 Å². The monoisotopic (exact) mass is 285 g/mol. The van der Waals surface area contributed by atoms with E-state index in [-0.39, 0.29) is 10.9 Å². The van der Waals surface area contributed by atoms with E-state index < -0.39 is 22.0 Å². The van der Waals surface area contributed by atoms with Crippen molar-refractivity contribution in [3.05, 3.63) is 18.3 Å². The second-order valence-corrected chi connectivity index (χ2v) is 6.46. The smallest absolute Gasteiger partial charge is 0.241 e. The van der Waals surface area contributed by atoms with Gasteiger partial charge in [-0.05, 0) is 18.6 Å². The maximum atomic E-state index is 11.8. The van der Waals surface area contributed by atoms with Crippen molar-refractivity contribution in [3.8, 4) is 0 Å². The number of aliphatic hydroxyl groups excluding tert-OH is 1. The van der Waals surface area contributed by atoms with Gasteiger partial charge in [0, 0.05) is 12.8 Å². The van der Waals surface area contributed by atoms with Gasteiger partial charge < -0.3 is 15.7 Å². The van der Waals surface area contributed by atoms with Crippen LogP contribution < -0.4 is 10.6 Å². The molecule has 104 valence electrons. The molecule has 1 aromatic heterocycles. The Kier molecular flexibility index (Phi) is 3.83. The van der Waals surface area contributed by atoms with Crippen molar-refractivity contribution in [1.29, 1.82) is 0 Å². The van der Waals surface area contributed by atoms with Gasteiger partial charge in [-0.3, -0.25) is 4.79 Å². The molecule has 1 fully saturated rings. The van der Waals surface area contributed by atoms with Crippen LogP contribution in [0.25, 0.3) is 0 Å². The summed E-state index contributed by atoms with van der Waals surface area (Å²) in [7, 11) is -3.34. The van der Waals surface area contributed by atoms with E-state index in [1.165, 1.54) is 18.3 Å². The molecule has 19 heavy (non-hydrogen) atoms. The van der Waals surface area contributed by atoms with Crippen LogP contribution in [0.1, 0.15) is 6.42 Å². The van der Waals surface area contributed by atoms with Crippen molar-refractivity contribution < 1.29 is 18.3 Å². The molecule has 1 aromatic rings. The molecule has 0 spiro atoms. The molecule has 1 aliphatic rings. The molecule has 0 bridgehead atoms. The second kappa shape index (κ2) is 5.24. The number of β-amino-alcohol motifs (C(OH)–C–C–N with tert-alkyl or cyclic N) is 1. The number of aliphatic hydroxyl groups is 1. The number of sulfone groups is 1. The molecular weight excluding hydrogens is 270 g/mol. The quantitative estimate of drug-likeness (QED) is 0.667. The molecule has 1 aliphatic heterocycles. The third-order valence-corrected chi connectivity index (χ3v) is 3.81. The van der Waals surface area contributed by atoms with E-state index in [0.717, 1.165) is 6.26 Å². The van der Waals surface area contributed by atoms with Gasteiger partial charge in [0.05, 0.1) is 24.0 Å². The number of nitrogens with one attached hydrogen (secondary N) is 2. The van der Waals surface area contributed by atoms with Crippen LogP contribution in [0.15, 0.2) is 23.4 Å². The van der Waals surface area contributed by atoms with Gasteiger partial charge in [-0.1, -0.05) is 0 Å². The summed E-state index contributed by atoms with van der Waals surface area (Å²) in [5.41, 5.74) is 0.417. The average molecular weight is 285 g/mol. The zero-order chi connectivity index (χ0) is 14.0. The molecular formula is C11H15N3O4S. The number of rotatable bonds is 3. The summed E-state index contributed by atoms with van der Waals surface area (Å²) in [5, 5.41) is 14.8. The highest BCUT2D eigenvalue weighted by Crippen LogP contribution is 2.13. The number of pyridine rings is 1. The predicted molar refractivity (Wildman–Crippen MR) is 68.4 cm³/mol. The highest BCUT2D eigenvalue weighted by atomic mass is 32.2. The zero-order valence-corrected chi connectivity index (χ0v) is 11.1. The first-order chi connectivity index (χ1) is 8.86. The predicted octanol–water partition coefficient (Wildman–Crippen LogP) is -0.854. The largest absolute Gasteiger partial charge is 0.392 e. The third-order valence-electron chi connectivity index (χ3n) is 2.81. The SMILES string of the molecule is CS(=O)(=O)c1ccc(NC(=O)C2CC(O)CN2)cn1. The Morgan fingerprint density at radius 1 is 1.53 bits per heavy atom. The maximum Gasteiger partial charge on any atom is 0.241 e. The summed E-state index contributed by atoms with van der Waals surface area (Å²) in [6.07, 6.45) is 2.21. The third kappa shape index (κ3) is 3.49. The van der Waals surface area contributed by atoms with Crippen LogP contribution in [-0.2, 0) is 14.6 Å². The first kappa shape index (κ1) is 13.9. The number of hydrogen-bond donors (Lipinski definition) is 3. The van der Waals surface area contributed by atoms with Gasteiger partial charge in [-0.2, -0.15) is 0 Å². The lowest BCUT2D eigenvalue weighted by Crippen LogP contribution is -2.35. The van der Waals surface area contributed by atoms with Gasteiger partial charge in [0.15, 0.2) is 14.9 Å². The van der Waals surface area contributed by atoms with Crippen LogP contribution in [-0.4, -0.2) is 49.4 Å². The summed E-state index contributed by atoms with van der Waals surface area (Å²) in [6.45, 7) is 0.392. The molecule has 2 unspecified atom stereocenters. The van der Waals surface area contributed by atoms with Crippen molar-refractivity contribution in [1.82, 2.24) is 10.3 Å². The molecule has 1 saturated heterocycles. The van der Waals surface area contributed by atoms with Crippen molar-refractivity contribution in [2.24, 2.45) is 0 Å². The van der Waals surface area contributed by atoms with Crippen LogP contribution in [0.4, 0.5) is 5.69 Å². The van der Waals surface area contributed by atoms with E-state index in [2.05, 4.69) is 15.6 Å². The minimum absolute atomic E-state index is 0.0417. The van der Waals surface area contributed by atoms with E-state index in [4.69, 9.17) is 0 Å². The number of anilines is 1. The standard InChI is InChI=1S/C11H15N3O4S/c1-19(17,18)10-3-2-7(5-13-10)14-11(16)9-4-8(15)6-12-9/h2-3,5,8-9,12,15H,4,6H2,1H3,(H,14,16). The topological polar surface area (TPSA) is 108 Å². The fourth-order valence-electron chi connectivity index (χ4n) is 1.82. The number of carbonyl (C=O) groups excluding carboxylic acids is 1. The summed E-state index contributed by atoms with van der Waals surface area (Å²) in [4.78, 5) is 15.6. The molecule has 2 rings (SSSR count). The van der Waals surface area contributed by atoms with E-state index in [1.54, 1.807) is 0 Å². The average Bonchev–Trinajstić information content (AvgIpc) is 2.75. The van der Waals surface area contributed by atoms with Gasteiger partial charge in [0.1, 0.15) is 0 Å². The zero-order valence-electron chi connectivity index (χ0n) is 10.3. The minimum atomic E-state index is -3.34. The van der Waals surface area contributed by atoms with E-state index in [1.807, 2.05) is 0 Å². The Morgan fingerprint density at radius 3 is 2.74 bits per heavy atom. The molecule has 1 amide bonds. The number of hydrogen-bond acceptors (Lipinski definition) is 6. The molecule has 0 aliphatic carbocycles. The molecule has 0 radical (unpaired) electrons. The highest BCUT2D eigenvalue weighted by molar-refractivity contribution is 7.90. The van der Waals surface area contributed by atoms with Crippen LogP contribution in [0, 0.1) is 0 Å². The number of aromatic nitrogens is 1. The summed E-state index contributed by atoms with van der Waals surface area (Å²) in [6, 6.07) is 2.37. The van der Waals surface area contributed by atoms with Gasteiger partial charge in [-0.25, -0.2) is 13.4 Å². The first-order valence-electron chi connectivity index (χ1n) is 5.74. The second-order valence-electron chi connectivity index (χ2n) is 4.50. The lowest BCUT2D eigenvalue weighted by Gasteiger charge is -2.10. The van der Waals surface area contributed by atoms with Crippen LogP contribution >= 0.6 is 0 Å². The molecule has 2 heterocycles. The Bertz CT molecular complexity index is 570. The van der Waals surface area contributed by atoms with Gasteiger partial charge in [0.2, 0.25) is 5.91 Å². The Balaban J connectivity index is 2.02. The van der Waals surface area contributed by atoms with Crippen LogP contribution in [0.5, 0.6) is 0 Å². The van der Waals surface area contributed by atoms with E-state index >= 15 is 0 Å². The Morgan fingerprint density at radius 2 is 2.26 bits per heavy atom. The number of nitrogens with zero attached hydrogens (tertiary/aromatic N) is 1. The van der Waals surface area contributed by atoms with Crippen molar-refractivity contribution in [2.75, 3.05) is 18.1 Å². The highest BCUT2D eigenvalue weighted by Gasteiger charge is 2.28. The molecule has 8 heteroatoms. The normalized spacial score (nSPS) is 23.3. The van der Waals surface area contributed by atoms with Crippen molar-refractivity contribution >= 4 is 21.4 Å². The lowest BCUT2D eigenvalue weighted by molar-refractivity contribution is -0.117. The molecule has 0 aromatic carbocycles. The fraction of sp³-hybridized carbons (Fsp3) is 0.455. The molecule has 7 nitrogen and oxygen atoms in total. The summed E-state index contributed by atoms with van der Waals surface area (Å²) in [5.74, 6) is -0.273. The van der Waals surface area contributed by atoms with E-state index in [9.17, 15) is 18.3 Å². The first-order valence-corrected chi connectivity index (χ1v) is 7.64. The number of carbonyl (C=O) groups is 1. The van der Waals surface area contributed by atoms with Crippen molar-refractivity contribution in [3.63, 3.8) is 0 Å². The van der Waals surface area contributed by atoms with Gasteiger partial charge >= 0.3 is 0 Å². The molecule has 0 saturated carbocycles. The molecule has 3 N–H and O–H groups in total. The van der Waals surface area contributed by atoms with Crippen molar-refractivity contribution in [2.45, 2.75) is 23.6 Å². The van der Waals surface area contributed by atoms with Crippen LogP contribution in [0.3, 0.4) is 0 Å². The molecule has 2 atom stereocenters. The number of amides is 1. The fourth-order valence-corrected chi connectivity index (χ4v) is 2.38. The summed E-state index contributed by atoms with van der Waals surface area (Å²) >= 11 is 0.